The molecular formula is C23H28Cl2N4O3. The quantitative estimate of drug-likeness (QED) is 0.377. The molecule has 0 unspecified atom stereocenters. The number of urea groups is 2. The molecule has 4 amide bonds. The highest BCUT2D eigenvalue weighted by atomic mass is 35.5. The Morgan fingerprint density at radius 3 is 2.16 bits per heavy atom. The average molecular weight is 479 g/mol. The lowest BCUT2D eigenvalue weighted by Gasteiger charge is -2.38. The summed E-state index contributed by atoms with van der Waals surface area (Å²) in [5, 5.41) is 15.3. The van der Waals surface area contributed by atoms with Crippen molar-refractivity contribution in [1.82, 2.24) is 9.96 Å². The van der Waals surface area contributed by atoms with Gasteiger partial charge in [-0.3, -0.25) is 10.1 Å². The Bertz CT molecular complexity index is 964. The molecule has 9 heteroatoms. The number of carbonyl (C=O) groups is 2. The van der Waals surface area contributed by atoms with Crippen molar-refractivity contribution >= 4 is 46.6 Å². The van der Waals surface area contributed by atoms with Gasteiger partial charge in [0.05, 0.1) is 5.54 Å². The summed E-state index contributed by atoms with van der Waals surface area (Å²) in [6.45, 7) is 8.34. The van der Waals surface area contributed by atoms with Crippen molar-refractivity contribution in [2.45, 2.75) is 45.8 Å². The Balaban J connectivity index is 1.95. The van der Waals surface area contributed by atoms with Crippen LogP contribution in [0.3, 0.4) is 0 Å². The van der Waals surface area contributed by atoms with Crippen LogP contribution >= 0.6 is 23.2 Å². The minimum atomic E-state index is -0.976. The summed E-state index contributed by atoms with van der Waals surface area (Å²) in [4.78, 5) is 29.6. The van der Waals surface area contributed by atoms with Gasteiger partial charge in [0, 0.05) is 28.0 Å². The monoisotopic (exact) mass is 478 g/mol. The molecule has 7 nitrogen and oxygen atoms in total. The third kappa shape index (κ3) is 4.95. The van der Waals surface area contributed by atoms with E-state index in [-0.39, 0.29) is 6.03 Å². The molecule has 2 aromatic carbocycles. The second-order valence-electron chi connectivity index (χ2n) is 8.77. The Kier molecular flexibility index (Phi) is 7.22. The van der Waals surface area contributed by atoms with Crippen molar-refractivity contribution in [2.24, 2.45) is 5.92 Å². The van der Waals surface area contributed by atoms with E-state index in [0.29, 0.717) is 38.9 Å². The van der Waals surface area contributed by atoms with Crippen molar-refractivity contribution < 1.29 is 14.8 Å². The zero-order valence-electron chi connectivity index (χ0n) is 18.5. The van der Waals surface area contributed by atoms with Gasteiger partial charge in [-0.25, -0.2) is 9.59 Å². The van der Waals surface area contributed by atoms with Gasteiger partial charge in [-0.15, -0.1) is 0 Å². The van der Waals surface area contributed by atoms with E-state index in [1.807, 2.05) is 13.8 Å². The Morgan fingerprint density at radius 2 is 1.62 bits per heavy atom. The fourth-order valence-electron chi connectivity index (χ4n) is 3.79. The first-order chi connectivity index (χ1) is 15.0. The summed E-state index contributed by atoms with van der Waals surface area (Å²) in [5.74, 6) is 0.389. The molecule has 0 radical (unpaired) electrons. The molecule has 0 saturated carbocycles. The molecule has 172 valence electrons. The summed E-state index contributed by atoms with van der Waals surface area (Å²) in [6, 6.07) is 12.2. The van der Waals surface area contributed by atoms with Gasteiger partial charge < -0.3 is 10.2 Å². The molecule has 0 spiro atoms. The minimum absolute atomic E-state index is 0.290. The molecule has 1 aliphatic rings. The fourth-order valence-corrected chi connectivity index (χ4v) is 4.05. The smallest absolute Gasteiger partial charge is 0.315 e. The van der Waals surface area contributed by atoms with E-state index >= 15 is 0 Å². The van der Waals surface area contributed by atoms with Crippen molar-refractivity contribution in [3.63, 3.8) is 0 Å². The molecular weight excluding hydrogens is 451 g/mol. The molecule has 1 fully saturated rings. The maximum absolute atomic E-state index is 13.5. The maximum Gasteiger partial charge on any atom is 0.347 e. The van der Waals surface area contributed by atoms with Gasteiger partial charge in [0.15, 0.2) is 6.17 Å². The number of amides is 4. The third-order valence-corrected chi connectivity index (χ3v) is 6.08. The lowest BCUT2D eigenvalue weighted by Crippen LogP contribution is -2.58. The molecule has 2 N–H and O–H groups in total. The molecule has 1 saturated heterocycles. The molecule has 32 heavy (non-hydrogen) atoms. The van der Waals surface area contributed by atoms with E-state index < -0.39 is 17.7 Å². The van der Waals surface area contributed by atoms with Crippen LogP contribution in [-0.2, 0) is 0 Å². The summed E-state index contributed by atoms with van der Waals surface area (Å²) in [6.07, 6.45) is -0.186. The highest BCUT2D eigenvalue weighted by Crippen LogP contribution is 2.38. The zero-order chi connectivity index (χ0) is 23.6. The average Bonchev–Trinajstić information content (AvgIpc) is 2.93. The summed E-state index contributed by atoms with van der Waals surface area (Å²) in [5.41, 5.74) is 0.121. The van der Waals surface area contributed by atoms with Crippen LogP contribution in [-0.4, -0.2) is 45.5 Å². The van der Waals surface area contributed by atoms with Gasteiger partial charge in [0.2, 0.25) is 0 Å². The van der Waals surface area contributed by atoms with Crippen LogP contribution < -0.4 is 10.2 Å². The summed E-state index contributed by atoms with van der Waals surface area (Å²) < 4.78 is 0. The molecule has 0 aromatic heterocycles. The Hall–Kier alpha value is -2.48. The molecule has 0 bridgehead atoms. The molecule has 1 aliphatic heterocycles. The van der Waals surface area contributed by atoms with E-state index in [9.17, 15) is 14.8 Å². The first-order valence-electron chi connectivity index (χ1n) is 10.4. The second-order valence-corrected chi connectivity index (χ2v) is 9.64. The standard InChI is InChI=1S/C23H28Cl2N4O3/c1-15(2)13-14-27-22(31)28(19-11-7-17(25)8-12-19)20(23(27,3)4)29(32)21(30)26-18-9-5-16(24)6-10-18/h5-12,15,20,32H,13-14H2,1-4H3,(H,26,30)/t20-/m1/s1. The second kappa shape index (κ2) is 9.57. The normalized spacial score (nSPS) is 17.8. The molecule has 1 heterocycles. The number of carbonyl (C=O) groups excluding carboxylic acids is 2. The number of hydroxylamine groups is 2. The zero-order valence-corrected chi connectivity index (χ0v) is 20.1. The highest BCUT2D eigenvalue weighted by molar-refractivity contribution is 6.31. The largest absolute Gasteiger partial charge is 0.347 e. The number of halogens is 2. The predicted octanol–water partition coefficient (Wildman–Crippen LogP) is 6.31. The van der Waals surface area contributed by atoms with Gasteiger partial charge in [0.25, 0.3) is 0 Å². The van der Waals surface area contributed by atoms with Crippen LogP contribution in [0.4, 0.5) is 21.0 Å². The van der Waals surface area contributed by atoms with E-state index in [2.05, 4.69) is 19.2 Å². The van der Waals surface area contributed by atoms with Crippen LogP contribution in [0.15, 0.2) is 48.5 Å². The van der Waals surface area contributed by atoms with Crippen LogP contribution in [0.5, 0.6) is 0 Å². The topological polar surface area (TPSA) is 76.1 Å². The van der Waals surface area contributed by atoms with E-state index in [1.165, 1.54) is 4.90 Å². The van der Waals surface area contributed by atoms with Gasteiger partial charge in [-0.05, 0) is 74.7 Å². The third-order valence-electron chi connectivity index (χ3n) is 5.58. The fraction of sp³-hybridized carbons (Fsp3) is 0.391. The van der Waals surface area contributed by atoms with Crippen LogP contribution in [0.2, 0.25) is 10.0 Å². The molecule has 0 aliphatic carbocycles. The van der Waals surface area contributed by atoms with Crippen LogP contribution in [0, 0.1) is 5.92 Å². The van der Waals surface area contributed by atoms with Crippen molar-refractivity contribution in [3.8, 4) is 0 Å². The molecule has 3 rings (SSSR count). The van der Waals surface area contributed by atoms with Gasteiger partial charge in [-0.2, -0.15) is 5.06 Å². The summed E-state index contributed by atoms with van der Waals surface area (Å²) in [7, 11) is 0. The number of anilines is 2. The number of nitrogens with zero attached hydrogens (tertiary/aromatic N) is 3. The Labute approximate surface area is 198 Å². The minimum Gasteiger partial charge on any atom is -0.315 e. The van der Waals surface area contributed by atoms with Crippen molar-refractivity contribution in [1.29, 1.82) is 0 Å². The predicted molar refractivity (Wildman–Crippen MR) is 127 cm³/mol. The SMILES string of the molecule is CC(C)CCN1C(=O)N(c2ccc(Cl)cc2)[C@H](N(O)C(=O)Nc2ccc(Cl)cc2)C1(C)C. The van der Waals surface area contributed by atoms with Gasteiger partial charge in [0.1, 0.15) is 0 Å². The number of nitrogens with one attached hydrogen (secondary N) is 1. The Morgan fingerprint density at radius 1 is 1.09 bits per heavy atom. The van der Waals surface area contributed by atoms with E-state index in [0.717, 1.165) is 6.42 Å². The van der Waals surface area contributed by atoms with E-state index in [1.54, 1.807) is 53.4 Å². The number of benzene rings is 2. The lowest BCUT2D eigenvalue weighted by molar-refractivity contribution is -0.0950. The number of hydrogen-bond donors (Lipinski definition) is 2. The van der Waals surface area contributed by atoms with Crippen molar-refractivity contribution in [3.05, 3.63) is 58.6 Å². The maximum atomic E-state index is 13.5. The van der Waals surface area contributed by atoms with Crippen molar-refractivity contribution in [2.75, 3.05) is 16.8 Å². The van der Waals surface area contributed by atoms with Gasteiger partial charge in [-0.1, -0.05) is 37.0 Å². The molecule has 1 atom stereocenters. The van der Waals surface area contributed by atoms with Crippen LogP contribution in [0.1, 0.15) is 34.1 Å². The molecule has 2 aromatic rings. The first kappa shape index (κ1) is 24.2. The highest BCUT2D eigenvalue weighted by Gasteiger charge is 2.55. The van der Waals surface area contributed by atoms with Crippen LogP contribution in [0.25, 0.3) is 0 Å². The summed E-state index contributed by atoms with van der Waals surface area (Å²) >= 11 is 11.9. The number of rotatable bonds is 6. The van der Waals surface area contributed by atoms with Gasteiger partial charge >= 0.3 is 12.1 Å². The lowest BCUT2D eigenvalue weighted by atomic mass is 9.98. The number of hydrogen-bond acceptors (Lipinski definition) is 3. The van der Waals surface area contributed by atoms with E-state index in [4.69, 9.17) is 23.2 Å². The first-order valence-corrected chi connectivity index (χ1v) is 11.2.